The minimum atomic E-state index is -0.464. The molecule has 0 N–H and O–H groups in total. The van der Waals surface area contributed by atoms with Gasteiger partial charge in [-0.05, 0) is 32.4 Å². The number of nitrogens with zero attached hydrogens (tertiary/aromatic N) is 2. The normalized spacial score (nSPS) is 10.7. The van der Waals surface area contributed by atoms with Crippen molar-refractivity contribution in [2.45, 2.75) is 33.4 Å². The van der Waals surface area contributed by atoms with Crippen molar-refractivity contribution < 1.29 is 14.3 Å². The Morgan fingerprint density at radius 3 is 2.61 bits per heavy atom. The van der Waals surface area contributed by atoms with Crippen LogP contribution in [0.15, 0.2) is 29.6 Å². The van der Waals surface area contributed by atoms with Gasteiger partial charge in [0.05, 0.1) is 13.7 Å². The predicted molar refractivity (Wildman–Crippen MR) is 89.6 cm³/mol. The number of aryl methyl sites for hydroxylation is 1. The first kappa shape index (κ1) is 17.1. The molecule has 0 atom stereocenters. The summed E-state index contributed by atoms with van der Waals surface area (Å²) in [6.07, 6.45) is 0. The number of hydrogen-bond donors (Lipinski definition) is 0. The molecule has 0 aliphatic rings. The van der Waals surface area contributed by atoms with Crippen LogP contribution in [0.4, 0.5) is 0 Å². The Bertz CT molecular complexity index is 709. The highest BCUT2D eigenvalue weighted by Crippen LogP contribution is 2.18. The number of methoxy groups -OCH3 is 1. The number of thiazole rings is 1. The molecule has 0 fully saturated rings. The molecule has 0 unspecified atom stereocenters. The van der Waals surface area contributed by atoms with Gasteiger partial charge >= 0.3 is 5.97 Å². The van der Waals surface area contributed by atoms with Crippen LogP contribution in [0.1, 0.15) is 45.3 Å². The van der Waals surface area contributed by atoms with E-state index in [1.165, 1.54) is 18.4 Å². The first-order valence-corrected chi connectivity index (χ1v) is 8.21. The number of amides is 1. The highest BCUT2D eigenvalue weighted by atomic mass is 32.1. The summed E-state index contributed by atoms with van der Waals surface area (Å²) in [5.41, 5.74) is 1.91. The Morgan fingerprint density at radius 1 is 1.30 bits per heavy atom. The fourth-order valence-corrected chi connectivity index (χ4v) is 2.95. The Kier molecular flexibility index (Phi) is 5.50. The lowest BCUT2D eigenvalue weighted by Gasteiger charge is -2.26. The van der Waals surface area contributed by atoms with E-state index in [2.05, 4.69) is 9.72 Å². The molecule has 0 aliphatic carbocycles. The number of rotatable bonds is 5. The molecule has 6 heteroatoms. The summed E-state index contributed by atoms with van der Waals surface area (Å²) in [6, 6.07) is 7.54. The van der Waals surface area contributed by atoms with Crippen molar-refractivity contribution in [1.82, 2.24) is 9.88 Å². The number of esters is 1. The van der Waals surface area contributed by atoms with Crippen molar-refractivity contribution in [3.8, 4) is 0 Å². The van der Waals surface area contributed by atoms with Gasteiger partial charge in [0.25, 0.3) is 5.91 Å². The second-order valence-electron chi connectivity index (χ2n) is 5.46. The number of carbonyl (C=O) groups is 2. The molecule has 0 aliphatic heterocycles. The monoisotopic (exact) mass is 332 g/mol. The van der Waals surface area contributed by atoms with E-state index in [-0.39, 0.29) is 17.6 Å². The van der Waals surface area contributed by atoms with Crippen LogP contribution in [0.3, 0.4) is 0 Å². The molecule has 122 valence electrons. The van der Waals surface area contributed by atoms with Crippen molar-refractivity contribution in [1.29, 1.82) is 0 Å². The van der Waals surface area contributed by atoms with Gasteiger partial charge in [0.1, 0.15) is 5.01 Å². The first-order chi connectivity index (χ1) is 10.9. The molecule has 23 heavy (non-hydrogen) atoms. The zero-order valence-corrected chi connectivity index (χ0v) is 14.5. The van der Waals surface area contributed by atoms with E-state index in [1.807, 2.05) is 45.0 Å². The lowest BCUT2D eigenvalue weighted by molar-refractivity contribution is 0.0594. The summed E-state index contributed by atoms with van der Waals surface area (Å²) in [5, 5.41) is 2.36. The third-order valence-corrected chi connectivity index (χ3v) is 4.35. The maximum atomic E-state index is 12.8. The quantitative estimate of drug-likeness (QED) is 0.788. The number of benzene rings is 1. The Morgan fingerprint density at radius 2 is 2.00 bits per heavy atom. The molecule has 0 radical (unpaired) electrons. The minimum Gasteiger partial charge on any atom is -0.464 e. The largest absolute Gasteiger partial charge is 0.464 e. The lowest BCUT2D eigenvalue weighted by Crippen LogP contribution is -2.36. The first-order valence-electron chi connectivity index (χ1n) is 7.33. The molecule has 0 bridgehead atoms. The van der Waals surface area contributed by atoms with E-state index in [0.29, 0.717) is 17.1 Å². The summed E-state index contributed by atoms with van der Waals surface area (Å²) < 4.78 is 4.66. The van der Waals surface area contributed by atoms with Crippen molar-refractivity contribution >= 4 is 23.2 Å². The van der Waals surface area contributed by atoms with Crippen molar-refractivity contribution in [3.05, 3.63) is 51.5 Å². The topological polar surface area (TPSA) is 59.5 Å². The Hall–Kier alpha value is -2.21. The van der Waals surface area contributed by atoms with E-state index in [0.717, 1.165) is 5.56 Å². The second kappa shape index (κ2) is 7.37. The average Bonchev–Trinajstić information content (AvgIpc) is 3.00. The van der Waals surface area contributed by atoms with Gasteiger partial charge in [-0.1, -0.05) is 18.2 Å². The van der Waals surface area contributed by atoms with Gasteiger partial charge in [0.15, 0.2) is 5.69 Å². The second-order valence-corrected chi connectivity index (χ2v) is 6.40. The Labute approximate surface area is 139 Å². The molecule has 2 aromatic rings. The fraction of sp³-hybridized carbons (Fsp3) is 0.353. The standard InChI is InChI=1S/C17H20N2O3S/c1-11(2)19(16(20)13-8-6-5-7-12(13)3)9-15-18-14(10-23-15)17(21)22-4/h5-8,10-11H,9H2,1-4H3. The van der Waals surface area contributed by atoms with Crippen molar-refractivity contribution in [2.24, 2.45) is 0 Å². The van der Waals surface area contributed by atoms with Crippen LogP contribution in [-0.2, 0) is 11.3 Å². The molecule has 5 nitrogen and oxygen atoms in total. The molecule has 0 saturated carbocycles. The molecular formula is C17H20N2O3S. The lowest BCUT2D eigenvalue weighted by atomic mass is 10.1. The van der Waals surface area contributed by atoms with Gasteiger partial charge in [0.2, 0.25) is 0 Å². The van der Waals surface area contributed by atoms with Crippen LogP contribution >= 0.6 is 11.3 Å². The van der Waals surface area contributed by atoms with Gasteiger partial charge in [-0.2, -0.15) is 0 Å². The van der Waals surface area contributed by atoms with Gasteiger partial charge in [0, 0.05) is 17.0 Å². The number of carbonyl (C=O) groups excluding carboxylic acids is 2. The SMILES string of the molecule is COC(=O)c1csc(CN(C(=O)c2ccccc2C)C(C)C)n1. The minimum absolute atomic E-state index is 0.0209. The van der Waals surface area contributed by atoms with Crippen LogP contribution in [0, 0.1) is 6.92 Å². The molecule has 1 aromatic carbocycles. The highest BCUT2D eigenvalue weighted by Gasteiger charge is 2.22. The third kappa shape index (κ3) is 3.96. The van der Waals surface area contributed by atoms with E-state index in [4.69, 9.17) is 0 Å². The van der Waals surface area contributed by atoms with E-state index < -0.39 is 5.97 Å². The summed E-state index contributed by atoms with van der Waals surface area (Å²) in [4.78, 5) is 30.3. The fourth-order valence-electron chi connectivity index (χ4n) is 2.18. The summed E-state index contributed by atoms with van der Waals surface area (Å²) >= 11 is 1.35. The van der Waals surface area contributed by atoms with Gasteiger partial charge in [-0.25, -0.2) is 9.78 Å². The molecular weight excluding hydrogens is 312 g/mol. The van der Waals surface area contributed by atoms with Gasteiger partial charge in [-0.15, -0.1) is 11.3 Å². The zero-order chi connectivity index (χ0) is 17.0. The highest BCUT2D eigenvalue weighted by molar-refractivity contribution is 7.09. The van der Waals surface area contributed by atoms with Crippen LogP contribution in [-0.4, -0.2) is 34.9 Å². The predicted octanol–water partition coefficient (Wildman–Crippen LogP) is 3.29. The molecule has 0 spiro atoms. The number of aromatic nitrogens is 1. The third-order valence-electron chi connectivity index (χ3n) is 3.51. The van der Waals surface area contributed by atoms with Crippen LogP contribution in [0.25, 0.3) is 0 Å². The molecule has 0 saturated heterocycles. The van der Waals surface area contributed by atoms with E-state index >= 15 is 0 Å². The maximum absolute atomic E-state index is 12.8. The summed E-state index contributed by atoms with van der Waals surface area (Å²) in [6.45, 7) is 6.22. The molecule has 1 amide bonds. The van der Waals surface area contributed by atoms with E-state index in [1.54, 1.807) is 10.3 Å². The van der Waals surface area contributed by atoms with E-state index in [9.17, 15) is 9.59 Å². The summed E-state index contributed by atoms with van der Waals surface area (Å²) in [7, 11) is 1.32. The summed E-state index contributed by atoms with van der Waals surface area (Å²) in [5.74, 6) is -0.498. The van der Waals surface area contributed by atoms with Crippen LogP contribution in [0.2, 0.25) is 0 Å². The number of hydrogen-bond acceptors (Lipinski definition) is 5. The van der Waals surface area contributed by atoms with Gasteiger partial charge < -0.3 is 9.64 Å². The number of ether oxygens (including phenoxy) is 1. The Balaban J connectivity index is 2.22. The maximum Gasteiger partial charge on any atom is 0.357 e. The average molecular weight is 332 g/mol. The smallest absolute Gasteiger partial charge is 0.357 e. The van der Waals surface area contributed by atoms with Crippen molar-refractivity contribution in [3.63, 3.8) is 0 Å². The molecule has 1 aromatic heterocycles. The molecule has 1 heterocycles. The van der Waals surface area contributed by atoms with Crippen LogP contribution in [0.5, 0.6) is 0 Å². The van der Waals surface area contributed by atoms with Crippen molar-refractivity contribution in [2.75, 3.05) is 7.11 Å². The van der Waals surface area contributed by atoms with Crippen LogP contribution < -0.4 is 0 Å². The zero-order valence-electron chi connectivity index (χ0n) is 13.7. The molecule has 2 rings (SSSR count). The van der Waals surface area contributed by atoms with Gasteiger partial charge in [-0.3, -0.25) is 4.79 Å².